The van der Waals surface area contributed by atoms with E-state index in [-0.39, 0.29) is 18.3 Å². The van der Waals surface area contributed by atoms with E-state index in [1.807, 2.05) is 31.2 Å². The summed E-state index contributed by atoms with van der Waals surface area (Å²) in [5.41, 5.74) is 2.87. The van der Waals surface area contributed by atoms with E-state index in [1.165, 1.54) is 4.80 Å². The van der Waals surface area contributed by atoms with Crippen molar-refractivity contribution in [2.45, 2.75) is 12.8 Å². The highest BCUT2D eigenvalue weighted by molar-refractivity contribution is 5.81. The highest BCUT2D eigenvalue weighted by atomic mass is 16.5. The molecule has 0 aliphatic carbocycles. The summed E-state index contributed by atoms with van der Waals surface area (Å²) < 4.78 is 5.07. The monoisotopic (exact) mass is 323 g/mol. The molecule has 1 N–H and O–H groups in total. The van der Waals surface area contributed by atoms with Gasteiger partial charge in [0.05, 0.1) is 6.61 Å². The van der Waals surface area contributed by atoms with Crippen LogP contribution in [0.4, 0.5) is 0 Å². The van der Waals surface area contributed by atoms with Crippen molar-refractivity contribution in [1.82, 2.24) is 15.0 Å². The van der Waals surface area contributed by atoms with Crippen molar-refractivity contribution < 1.29 is 14.6 Å². The number of carbonyl (C=O) groups excluding carboxylic acids is 1. The van der Waals surface area contributed by atoms with Crippen LogP contribution in [0.15, 0.2) is 55.1 Å². The molecular formula is C18H17N3O3. The first-order valence-electron chi connectivity index (χ1n) is 7.53. The number of nitrogens with zero attached hydrogens (tertiary/aromatic N) is 3. The Kier molecular flexibility index (Phi) is 4.29. The maximum absolute atomic E-state index is 11.2. The number of esters is 1. The van der Waals surface area contributed by atoms with Gasteiger partial charge in [0.15, 0.2) is 0 Å². The molecule has 122 valence electrons. The van der Waals surface area contributed by atoms with Gasteiger partial charge < -0.3 is 9.84 Å². The van der Waals surface area contributed by atoms with Crippen LogP contribution in [0, 0.1) is 0 Å². The lowest BCUT2D eigenvalue weighted by molar-refractivity contribution is -0.138. The van der Waals surface area contributed by atoms with Gasteiger partial charge >= 0.3 is 5.97 Å². The molecule has 6 nitrogen and oxygen atoms in total. The molecule has 1 aromatic heterocycles. The van der Waals surface area contributed by atoms with Crippen LogP contribution in [-0.4, -0.2) is 32.7 Å². The molecule has 6 heteroatoms. The fourth-order valence-electron chi connectivity index (χ4n) is 2.34. The number of hydrogen-bond acceptors (Lipinski definition) is 5. The van der Waals surface area contributed by atoms with Crippen LogP contribution in [-0.2, 0) is 9.53 Å². The fraction of sp³-hybridized carbons (Fsp3) is 0.167. The Hall–Kier alpha value is -3.15. The third-order valence-corrected chi connectivity index (χ3v) is 3.71. The van der Waals surface area contributed by atoms with Gasteiger partial charge in [0.25, 0.3) is 0 Å². The molecule has 24 heavy (non-hydrogen) atoms. The second-order valence-electron chi connectivity index (χ2n) is 5.46. The molecule has 3 aromatic rings. The molecule has 0 bridgehead atoms. The molecule has 0 amide bonds. The van der Waals surface area contributed by atoms with E-state index in [1.54, 1.807) is 18.2 Å². The van der Waals surface area contributed by atoms with E-state index in [2.05, 4.69) is 16.8 Å². The minimum absolute atomic E-state index is 0.0433. The second-order valence-corrected chi connectivity index (χ2v) is 5.46. The first-order valence-corrected chi connectivity index (χ1v) is 7.53. The van der Waals surface area contributed by atoms with Gasteiger partial charge in [0.1, 0.15) is 22.5 Å². The largest absolute Gasteiger partial charge is 0.506 e. The van der Waals surface area contributed by atoms with Crippen molar-refractivity contribution in [2.75, 3.05) is 6.61 Å². The Bertz CT molecular complexity index is 868. The molecule has 0 saturated carbocycles. The lowest BCUT2D eigenvalue weighted by Gasteiger charge is -2.13. The van der Waals surface area contributed by atoms with Gasteiger partial charge in [0, 0.05) is 12.0 Å². The molecule has 0 saturated heterocycles. The van der Waals surface area contributed by atoms with Crippen LogP contribution in [0.3, 0.4) is 0 Å². The van der Waals surface area contributed by atoms with Gasteiger partial charge in [-0.1, -0.05) is 31.7 Å². The summed E-state index contributed by atoms with van der Waals surface area (Å²) >= 11 is 0. The number of aromatic hydroxyl groups is 1. The molecule has 0 aliphatic rings. The zero-order valence-electron chi connectivity index (χ0n) is 13.2. The Morgan fingerprint density at radius 3 is 2.58 bits per heavy atom. The Morgan fingerprint density at radius 1 is 1.29 bits per heavy atom. The predicted octanol–water partition coefficient (Wildman–Crippen LogP) is 2.96. The minimum atomic E-state index is -0.458. The minimum Gasteiger partial charge on any atom is -0.506 e. The number of hydrogen-bond donors (Lipinski definition) is 1. The van der Waals surface area contributed by atoms with Gasteiger partial charge in [-0.25, -0.2) is 4.79 Å². The van der Waals surface area contributed by atoms with E-state index in [0.29, 0.717) is 5.69 Å². The summed E-state index contributed by atoms with van der Waals surface area (Å²) in [5.74, 6) is -0.423. The Balaban J connectivity index is 1.91. The lowest BCUT2D eigenvalue weighted by atomic mass is 10.0. The zero-order chi connectivity index (χ0) is 17.1. The number of fused-ring (bicyclic) bond motifs is 1. The number of phenolic OH excluding ortho intramolecular Hbond substituents is 1. The van der Waals surface area contributed by atoms with Crippen molar-refractivity contribution in [3.63, 3.8) is 0 Å². The number of rotatable bonds is 5. The maximum atomic E-state index is 11.2. The van der Waals surface area contributed by atoms with Crippen molar-refractivity contribution in [3.8, 4) is 11.4 Å². The summed E-state index contributed by atoms with van der Waals surface area (Å²) in [6.45, 7) is 5.53. The summed E-state index contributed by atoms with van der Waals surface area (Å²) in [7, 11) is 0. The van der Waals surface area contributed by atoms with Gasteiger partial charge in [-0.2, -0.15) is 0 Å². The van der Waals surface area contributed by atoms with Gasteiger partial charge in [-0.3, -0.25) is 0 Å². The average Bonchev–Trinajstić information content (AvgIpc) is 3.03. The summed E-state index contributed by atoms with van der Waals surface area (Å²) in [6.07, 6.45) is 1.13. The quantitative estimate of drug-likeness (QED) is 0.577. The number of carbonyl (C=O) groups is 1. The number of benzene rings is 2. The fourth-order valence-corrected chi connectivity index (χ4v) is 2.34. The van der Waals surface area contributed by atoms with E-state index in [4.69, 9.17) is 4.74 Å². The van der Waals surface area contributed by atoms with Crippen LogP contribution in [0.25, 0.3) is 16.7 Å². The third kappa shape index (κ3) is 3.12. The second kappa shape index (κ2) is 6.54. The highest BCUT2D eigenvalue weighted by Crippen LogP contribution is 2.26. The number of ether oxygens (including phenoxy) is 1. The summed E-state index contributed by atoms with van der Waals surface area (Å²) in [5, 5.41) is 18.9. The molecule has 0 radical (unpaired) electrons. The summed E-state index contributed by atoms with van der Waals surface area (Å²) in [6, 6.07) is 12.6. The SMILES string of the molecule is C=CC(=O)OCC(C)c1ccc(O)c(-n2nc3ccccc3n2)c1. The Labute approximate surface area is 139 Å². The van der Waals surface area contributed by atoms with Crippen LogP contribution in [0.2, 0.25) is 0 Å². The third-order valence-electron chi connectivity index (χ3n) is 3.71. The molecule has 1 heterocycles. The smallest absolute Gasteiger partial charge is 0.330 e. The first-order chi connectivity index (χ1) is 11.6. The molecule has 1 atom stereocenters. The van der Waals surface area contributed by atoms with Crippen molar-refractivity contribution in [1.29, 1.82) is 0 Å². The molecule has 2 aromatic carbocycles. The van der Waals surface area contributed by atoms with Crippen LogP contribution in [0.1, 0.15) is 18.4 Å². The van der Waals surface area contributed by atoms with Crippen molar-refractivity contribution in [2.24, 2.45) is 0 Å². The lowest BCUT2D eigenvalue weighted by Crippen LogP contribution is -2.09. The molecule has 0 spiro atoms. The van der Waals surface area contributed by atoms with E-state index in [0.717, 1.165) is 22.7 Å². The molecule has 1 unspecified atom stereocenters. The van der Waals surface area contributed by atoms with Crippen LogP contribution in [0.5, 0.6) is 5.75 Å². The van der Waals surface area contributed by atoms with E-state index in [9.17, 15) is 9.90 Å². The highest BCUT2D eigenvalue weighted by Gasteiger charge is 2.14. The van der Waals surface area contributed by atoms with E-state index >= 15 is 0 Å². The zero-order valence-corrected chi connectivity index (χ0v) is 13.2. The molecule has 0 aliphatic heterocycles. The van der Waals surface area contributed by atoms with Crippen LogP contribution >= 0.6 is 0 Å². The van der Waals surface area contributed by atoms with Crippen molar-refractivity contribution >= 4 is 17.0 Å². The normalized spacial score (nSPS) is 12.0. The maximum Gasteiger partial charge on any atom is 0.330 e. The molecular weight excluding hydrogens is 306 g/mol. The molecule has 0 fully saturated rings. The predicted molar refractivity (Wildman–Crippen MR) is 90.1 cm³/mol. The van der Waals surface area contributed by atoms with Gasteiger partial charge in [-0.15, -0.1) is 15.0 Å². The van der Waals surface area contributed by atoms with Crippen molar-refractivity contribution in [3.05, 3.63) is 60.7 Å². The van der Waals surface area contributed by atoms with Gasteiger partial charge in [0.2, 0.25) is 0 Å². The standard InChI is InChI=1S/C18H17N3O3/c1-3-18(23)24-11-12(2)13-8-9-17(22)16(10-13)21-19-14-6-4-5-7-15(14)20-21/h3-10,12,22H,1,11H2,2H3. The molecule has 3 rings (SSSR count). The van der Waals surface area contributed by atoms with E-state index < -0.39 is 5.97 Å². The number of aromatic nitrogens is 3. The number of phenols is 1. The average molecular weight is 323 g/mol. The van der Waals surface area contributed by atoms with Gasteiger partial charge in [-0.05, 0) is 29.8 Å². The van der Waals surface area contributed by atoms with Crippen LogP contribution < -0.4 is 0 Å². The first kappa shape index (κ1) is 15.7. The Morgan fingerprint density at radius 2 is 1.96 bits per heavy atom. The summed E-state index contributed by atoms with van der Waals surface area (Å²) in [4.78, 5) is 12.6. The topological polar surface area (TPSA) is 77.2 Å².